The standard InChI is InChI=1S/C22H23N5OS/c29-22(23-15-20-12-7-13-28-20)25-24-14-18-16-27(19-10-5-2-6-11-19)26-21(18)17-8-3-1-4-9-17/h1-6,8-11,14,16,20H,7,12-13,15H2,(H2,23,25,29)/b24-14+. The summed E-state index contributed by atoms with van der Waals surface area (Å²) >= 11 is 5.30. The number of hydrazone groups is 1. The topological polar surface area (TPSA) is 63.5 Å². The lowest BCUT2D eigenvalue weighted by molar-refractivity contribution is 0.114. The van der Waals surface area contributed by atoms with Gasteiger partial charge in [0.1, 0.15) is 5.69 Å². The molecule has 1 aliphatic rings. The summed E-state index contributed by atoms with van der Waals surface area (Å²) in [7, 11) is 0. The number of aromatic nitrogens is 2. The molecule has 2 heterocycles. The van der Waals surface area contributed by atoms with Gasteiger partial charge in [-0.3, -0.25) is 5.43 Å². The molecule has 2 N–H and O–H groups in total. The highest BCUT2D eigenvalue weighted by molar-refractivity contribution is 7.80. The highest BCUT2D eigenvalue weighted by Gasteiger charge is 2.15. The van der Waals surface area contributed by atoms with Gasteiger partial charge in [0.25, 0.3) is 0 Å². The monoisotopic (exact) mass is 405 g/mol. The van der Waals surface area contributed by atoms with Crippen molar-refractivity contribution in [2.75, 3.05) is 13.2 Å². The molecule has 0 radical (unpaired) electrons. The van der Waals surface area contributed by atoms with E-state index in [-0.39, 0.29) is 6.10 Å². The van der Waals surface area contributed by atoms with E-state index in [1.165, 1.54) is 0 Å². The van der Waals surface area contributed by atoms with Crippen LogP contribution in [0.2, 0.25) is 0 Å². The van der Waals surface area contributed by atoms with Gasteiger partial charge in [0, 0.05) is 30.5 Å². The van der Waals surface area contributed by atoms with Crippen LogP contribution in [0.4, 0.5) is 0 Å². The Bertz CT molecular complexity index is 965. The molecule has 0 aliphatic carbocycles. The fourth-order valence-corrected chi connectivity index (χ4v) is 3.36. The van der Waals surface area contributed by atoms with Crippen molar-refractivity contribution >= 4 is 23.5 Å². The molecule has 0 saturated carbocycles. The Hall–Kier alpha value is -3.03. The van der Waals surface area contributed by atoms with Crippen molar-refractivity contribution < 1.29 is 4.74 Å². The van der Waals surface area contributed by atoms with Gasteiger partial charge in [0.05, 0.1) is 18.0 Å². The Morgan fingerprint density at radius 3 is 2.66 bits per heavy atom. The van der Waals surface area contributed by atoms with Crippen LogP contribution in [-0.2, 0) is 4.74 Å². The first-order valence-electron chi connectivity index (χ1n) is 9.68. The molecule has 2 aromatic carbocycles. The first-order valence-corrected chi connectivity index (χ1v) is 10.1. The molecule has 1 fully saturated rings. The molecule has 0 bridgehead atoms. The molecular formula is C22H23N5OS. The predicted octanol–water partition coefficient (Wildman–Crippen LogP) is 3.52. The van der Waals surface area contributed by atoms with E-state index in [9.17, 15) is 0 Å². The Kier molecular flexibility index (Phi) is 6.29. The lowest BCUT2D eigenvalue weighted by Crippen LogP contribution is -2.37. The summed E-state index contributed by atoms with van der Waals surface area (Å²) in [6.07, 6.45) is 6.11. The van der Waals surface area contributed by atoms with Crippen molar-refractivity contribution in [3.8, 4) is 16.9 Å². The third-order valence-electron chi connectivity index (χ3n) is 4.69. The number of rotatable bonds is 6. The van der Waals surface area contributed by atoms with Gasteiger partial charge in [0.15, 0.2) is 5.11 Å². The van der Waals surface area contributed by atoms with Gasteiger partial charge >= 0.3 is 0 Å². The molecule has 1 aliphatic heterocycles. The smallest absolute Gasteiger partial charge is 0.187 e. The van der Waals surface area contributed by atoms with Crippen LogP contribution in [-0.4, -0.2) is 40.4 Å². The van der Waals surface area contributed by atoms with Crippen molar-refractivity contribution in [3.63, 3.8) is 0 Å². The van der Waals surface area contributed by atoms with Crippen molar-refractivity contribution in [1.29, 1.82) is 0 Å². The van der Waals surface area contributed by atoms with Crippen molar-refractivity contribution in [3.05, 3.63) is 72.4 Å². The van der Waals surface area contributed by atoms with E-state index in [1.807, 2.05) is 71.5 Å². The summed E-state index contributed by atoms with van der Waals surface area (Å²) in [4.78, 5) is 0. The van der Waals surface area contributed by atoms with Crippen molar-refractivity contribution in [1.82, 2.24) is 20.5 Å². The number of thiocarbonyl (C=S) groups is 1. The minimum atomic E-state index is 0.229. The van der Waals surface area contributed by atoms with Crippen LogP contribution in [0.1, 0.15) is 18.4 Å². The molecule has 0 spiro atoms. The summed E-state index contributed by atoms with van der Waals surface area (Å²) in [6, 6.07) is 20.1. The van der Waals surface area contributed by atoms with E-state index in [0.717, 1.165) is 42.0 Å². The Morgan fingerprint density at radius 2 is 1.93 bits per heavy atom. The molecular weight excluding hydrogens is 382 g/mol. The van der Waals surface area contributed by atoms with E-state index < -0.39 is 0 Å². The molecule has 1 saturated heterocycles. The number of nitrogens with zero attached hydrogens (tertiary/aromatic N) is 3. The number of para-hydroxylation sites is 1. The van der Waals surface area contributed by atoms with Gasteiger partial charge in [-0.2, -0.15) is 10.2 Å². The van der Waals surface area contributed by atoms with E-state index in [0.29, 0.717) is 11.7 Å². The Morgan fingerprint density at radius 1 is 1.17 bits per heavy atom. The summed E-state index contributed by atoms with van der Waals surface area (Å²) in [5.74, 6) is 0. The fraction of sp³-hybridized carbons (Fsp3) is 0.227. The number of ether oxygens (including phenoxy) is 1. The van der Waals surface area contributed by atoms with Crippen LogP contribution in [0, 0.1) is 0 Å². The average molecular weight is 406 g/mol. The highest BCUT2D eigenvalue weighted by Crippen LogP contribution is 2.22. The van der Waals surface area contributed by atoms with Gasteiger partial charge in [-0.1, -0.05) is 48.5 Å². The molecule has 0 amide bonds. The second-order valence-corrected chi connectivity index (χ2v) is 7.20. The van der Waals surface area contributed by atoms with Gasteiger partial charge in [0.2, 0.25) is 0 Å². The lowest BCUT2D eigenvalue weighted by atomic mass is 10.1. The summed E-state index contributed by atoms with van der Waals surface area (Å²) in [5, 5.41) is 12.7. The second-order valence-electron chi connectivity index (χ2n) is 6.79. The quantitative estimate of drug-likeness (QED) is 0.373. The molecule has 1 aromatic heterocycles. The number of hydrogen-bond donors (Lipinski definition) is 2. The van der Waals surface area contributed by atoms with E-state index >= 15 is 0 Å². The zero-order valence-electron chi connectivity index (χ0n) is 16.0. The molecule has 29 heavy (non-hydrogen) atoms. The van der Waals surface area contributed by atoms with Crippen LogP contribution in [0.15, 0.2) is 72.0 Å². The van der Waals surface area contributed by atoms with Gasteiger partial charge in [-0.05, 0) is 37.2 Å². The number of hydrogen-bond acceptors (Lipinski definition) is 4. The first-order chi connectivity index (χ1) is 14.3. The van der Waals surface area contributed by atoms with Crippen LogP contribution in [0.5, 0.6) is 0 Å². The van der Waals surface area contributed by atoms with Crippen molar-refractivity contribution in [2.24, 2.45) is 5.10 Å². The maximum absolute atomic E-state index is 5.59. The molecule has 1 unspecified atom stereocenters. The maximum Gasteiger partial charge on any atom is 0.187 e. The minimum absolute atomic E-state index is 0.229. The largest absolute Gasteiger partial charge is 0.376 e. The third-order valence-corrected chi connectivity index (χ3v) is 4.93. The molecule has 1 atom stereocenters. The highest BCUT2D eigenvalue weighted by atomic mass is 32.1. The van der Waals surface area contributed by atoms with Crippen molar-refractivity contribution in [2.45, 2.75) is 18.9 Å². The van der Waals surface area contributed by atoms with E-state index in [4.69, 9.17) is 22.1 Å². The minimum Gasteiger partial charge on any atom is -0.376 e. The third kappa shape index (κ3) is 5.07. The van der Waals surface area contributed by atoms with Crippen LogP contribution in [0.25, 0.3) is 16.9 Å². The van der Waals surface area contributed by atoms with Crippen LogP contribution >= 0.6 is 12.2 Å². The summed E-state index contributed by atoms with van der Waals surface area (Å²) < 4.78 is 7.45. The predicted molar refractivity (Wildman–Crippen MR) is 119 cm³/mol. The summed E-state index contributed by atoms with van der Waals surface area (Å²) in [6.45, 7) is 1.53. The second kappa shape index (κ2) is 9.45. The summed E-state index contributed by atoms with van der Waals surface area (Å²) in [5.41, 5.74) is 6.66. The number of nitrogens with one attached hydrogen (secondary N) is 2. The average Bonchev–Trinajstić information content (AvgIpc) is 3.44. The maximum atomic E-state index is 5.59. The van der Waals surface area contributed by atoms with E-state index in [1.54, 1.807) is 6.21 Å². The lowest BCUT2D eigenvalue weighted by Gasteiger charge is -2.11. The molecule has 6 nitrogen and oxygen atoms in total. The van der Waals surface area contributed by atoms with E-state index in [2.05, 4.69) is 15.8 Å². The SMILES string of the molecule is S=C(NCC1CCCO1)N/N=C/c1cn(-c2ccccc2)nc1-c1ccccc1. The Balaban J connectivity index is 1.48. The van der Waals surface area contributed by atoms with Crippen LogP contribution < -0.4 is 10.7 Å². The molecule has 4 rings (SSSR count). The van der Waals surface area contributed by atoms with Gasteiger partial charge < -0.3 is 10.1 Å². The van der Waals surface area contributed by atoms with Gasteiger partial charge in [-0.15, -0.1) is 0 Å². The molecule has 3 aromatic rings. The van der Waals surface area contributed by atoms with Crippen LogP contribution in [0.3, 0.4) is 0 Å². The molecule has 7 heteroatoms. The zero-order chi connectivity index (χ0) is 19.9. The fourth-order valence-electron chi connectivity index (χ4n) is 3.23. The number of benzene rings is 2. The normalized spacial score (nSPS) is 16.2. The zero-order valence-corrected chi connectivity index (χ0v) is 16.8. The Labute approximate surface area is 175 Å². The van der Waals surface area contributed by atoms with Gasteiger partial charge in [-0.25, -0.2) is 4.68 Å². The first kappa shape index (κ1) is 19.3. The molecule has 148 valence electrons.